The van der Waals surface area contributed by atoms with Gasteiger partial charge in [-0.2, -0.15) is 0 Å². The van der Waals surface area contributed by atoms with Crippen molar-refractivity contribution in [3.8, 4) is 0 Å². The quantitative estimate of drug-likeness (QED) is 0.789. The molecule has 0 saturated carbocycles. The van der Waals surface area contributed by atoms with Crippen LogP contribution in [-0.2, 0) is 0 Å². The summed E-state index contributed by atoms with van der Waals surface area (Å²) in [6.45, 7) is 7.52. The molecule has 0 unspecified atom stereocenters. The number of anilines is 1. The number of carbonyl (C=O) groups is 1. The van der Waals surface area contributed by atoms with Crippen LogP contribution in [0.5, 0.6) is 0 Å². The molecule has 2 rings (SSSR count). The van der Waals surface area contributed by atoms with Gasteiger partial charge in [0.25, 0.3) is 5.91 Å². The van der Waals surface area contributed by atoms with Gasteiger partial charge in [0.05, 0.1) is 0 Å². The predicted molar refractivity (Wildman–Crippen MR) is 102 cm³/mol. The Kier molecular flexibility index (Phi) is 10.3. The Morgan fingerprint density at radius 1 is 1.30 bits per heavy atom. The van der Waals surface area contributed by atoms with Crippen LogP contribution in [0, 0.1) is 6.92 Å². The van der Waals surface area contributed by atoms with E-state index in [1.165, 1.54) is 19.4 Å². The number of carbonyl (C=O) groups excluding carboxylic acids is 1. The average Bonchev–Trinajstić information content (AvgIpc) is 2.49. The molecule has 3 N–H and O–H groups in total. The van der Waals surface area contributed by atoms with Gasteiger partial charge in [-0.25, -0.2) is 0 Å². The van der Waals surface area contributed by atoms with Crippen molar-refractivity contribution in [2.75, 3.05) is 25.4 Å². The van der Waals surface area contributed by atoms with E-state index in [-0.39, 0.29) is 36.8 Å². The number of nitrogens with zero attached hydrogens (tertiary/aromatic N) is 1. The van der Waals surface area contributed by atoms with Crippen molar-refractivity contribution in [2.45, 2.75) is 45.6 Å². The molecule has 4 nitrogen and oxygen atoms in total. The highest BCUT2D eigenvalue weighted by Gasteiger charge is 2.21. The van der Waals surface area contributed by atoms with Gasteiger partial charge >= 0.3 is 0 Å². The maximum Gasteiger partial charge on any atom is 0.251 e. The number of unbranched alkanes of at least 4 members (excludes halogenated alkanes) is 1. The van der Waals surface area contributed by atoms with E-state index in [0.29, 0.717) is 11.3 Å². The van der Waals surface area contributed by atoms with Crippen LogP contribution >= 0.6 is 24.8 Å². The number of halogens is 2. The van der Waals surface area contributed by atoms with Crippen LogP contribution in [-0.4, -0.2) is 36.5 Å². The Hall–Kier alpha value is -0.970. The average molecular weight is 362 g/mol. The van der Waals surface area contributed by atoms with E-state index in [1.807, 2.05) is 19.1 Å². The molecule has 0 aliphatic carbocycles. The van der Waals surface area contributed by atoms with E-state index in [1.54, 1.807) is 6.07 Å². The Labute approximate surface area is 152 Å². The molecule has 132 valence electrons. The molecule has 23 heavy (non-hydrogen) atoms. The summed E-state index contributed by atoms with van der Waals surface area (Å²) in [5, 5.41) is 3.16. The van der Waals surface area contributed by atoms with Gasteiger partial charge < -0.3 is 16.0 Å². The molecule has 1 aromatic carbocycles. The van der Waals surface area contributed by atoms with Crippen molar-refractivity contribution in [2.24, 2.45) is 0 Å². The molecule has 1 fully saturated rings. The van der Waals surface area contributed by atoms with Crippen LogP contribution < -0.4 is 11.1 Å². The third-order valence-electron chi connectivity index (χ3n) is 4.26. The number of aryl methyl sites for hydroxylation is 1. The van der Waals surface area contributed by atoms with Crippen molar-refractivity contribution < 1.29 is 4.79 Å². The molecule has 0 spiro atoms. The molecule has 1 amide bonds. The summed E-state index contributed by atoms with van der Waals surface area (Å²) < 4.78 is 0. The lowest BCUT2D eigenvalue weighted by atomic mass is 10.0. The molecule has 0 aromatic heterocycles. The largest absolute Gasteiger partial charge is 0.399 e. The van der Waals surface area contributed by atoms with Gasteiger partial charge in [0.1, 0.15) is 0 Å². The highest BCUT2D eigenvalue weighted by atomic mass is 35.5. The highest BCUT2D eigenvalue weighted by Crippen LogP contribution is 2.15. The summed E-state index contributed by atoms with van der Waals surface area (Å²) in [5.41, 5.74) is 8.09. The number of piperidine rings is 1. The third kappa shape index (κ3) is 6.58. The number of nitrogens with one attached hydrogen (secondary N) is 1. The highest BCUT2D eigenvalue weighted by molar-refractivity contribution is 5.96. The standard InChI is InChI=1S/C17H27N3O.2ClH/c1-3-4-9-20-10-7-15(8-11-20)19-17(21)16-12-14(18)6-5-13(16)2;;/h5-6,12,15H,3-4,7-11,18H2,1-2H3,(H,19,21);2*1H. The lowest BCUT2D eigenvalue weighted by Gasteiger charge is -2.32. The first-order chi connectivity index (χ1) is 10.1. The molecule has 6 heteroatoms. The van der Waals surface area contributed by atoms with Gasteiger partial charge in [0.2, 0.25) is 0 Å². The Bertz CT molecular complexity index is 489. The van der Waals surface area contributed by atoms with Gasteiger partial charge in [0, 0.05) is 30.4 Å². The van der Waals surface area contributed by atoms with E-state index in [2.05, 4.69) is 17.1 Å². The minimum absolute atomic E-state index is 0. The first-order valence-electron chi connectivity index (χ1n) is 7.99. The first-order valence-corrected chi connectivity index (χ1v) is 7.99. The van der Waals surface area contributed by atoms with Crippen LogP contribution in [0.4, 0.5) is 5.69 Å². The zero-order valence-corrected chi connectivity index (χ0v) is 15.6. The van der Waals surface area contributed by atoms with Crippen LogP contribution in [0.25, 0.3) is 0 Å². The molecule has 0 bridgehead atoms. The van der Waals surface area contributed by atoms with Gasteiger partial charge in [0.15, 0.2) is 0 Å². The summed E-state index contributed by atoms with van der Waals surface area (Å²) in [7, 11) is 0. The molecule has 0 radical (unpaired) electrons. The summed E-state index contributed by atoms with van der Waals surface area (Å²) >= 11 is 0. The van der Waals surface area contributed by atoms with Crippen LogP contribution in [0.2, 0.25) is 0 Å². The minimum Gasteiger partial charge on any atom is -0.399 e. The lowest BCUT2D eigenvalue weighted by Crippen LogP contribution is -2.45. The van der Waals surface area contributed by atoms with Gasteiger partial charge in [-0.05, 0) is 50.4 Å². The summed E-state index contributed by atoms with van der Waals surface area (Å²) in [4.78, 5) is 14.9. The van der Waals surface area contributed by atoms with Crippen LogP contribution in [0.1, 0.15) is 48.5 Å². The number of hydrogen-bond acceptors (Lipinski definition) is 3. The third-order valence-corrected chi connectivity index (χ3v) is 4.26. The van der Waals surface area contributed by atoms with Crippen molar-refractivity contribution >= 4 is 36.4 Å². The summed E-state index contributed by atoms with van der Waals surface area (Å²) in [6.07, 6.45) is 4.58. The zero-order chi connectivity index (χ0) is 15.2. The lowest BCUT2D eigenvalue weighted by molar-refractivity contribution is 0.0910. The maximum absolute atomic E-state index is 12.4. The molecule has 1 saturated heterocycles. The topological polar surface area (TPSA) is 58.4 Å². The number of hydrogen-bond donors (Lipinski definition) is 2. The molecule has 1 heterocycles. The van der Waals surface area contributed by atoms with E-state index >= 15 is 0 Å². The molecule has 1 aromatic rings. The maximum atomic E-state index is 12.4. The van der Waals surface area contributed by atoms with Crippen molar-refractivity contribution in [1.29, 1.82) is 0 Å². The zero-order valence-electron chi connectivity index (χ0n) is 14.0. The Morgan fingerprint density at radius 3 is 2.57 bits per heavy atom. The normalized spacial score (nSPS) is 15.4. The molecule has 0 atom stereocenters. The van der Waals surface area contributed by atoms with Gasteiger partial charge in [-0.15, -0.1) is 24.8 Å². The number of likely N-dealkylation sites (tertiary alicyclic amines) is 1. The molecule has 1 aliphatic rings. The van der Waals surface area contributed by atoms with E-state index in [4.69, 9.17) is 5.73 Å². The smallest absolute Gasteiger partial charge is 0.251 e. The SMILES string of the molecule is CCCCN1CCC(NC(=O)c2cc(N)ccc2C)CC1.Cl.Cl. The second-order valence-corrected chi connectivity index (χ2v) is 6.02. The van der Waals surface area contributed by atoms with E-state index in [0.717, 1.165) is 31.5 Å². The van der Waals surface area contributed by atoms with Crippen LogP contribution in [0.3, 0.4) is 0 Å². The fourth-order valence-corrected chi connectivity index (χ4v) is 2.83. The van der Waals surface area contributed by atoms with Crippen molar-refractivity contribution in [3.63, 3.8) is 0 Å². The monoisotopic (exact) mass is 361 g/mol. The molecular formula is C17H29Cl2N3O. The summed E-state index contributed by atoms with van der Waals surface area (Å²) in [5.74, 6) is 0.00630. The molecule has 1 aliphatic heterocycles. The second-order valence-electron chi connectivity index (χ2n) is 6.02. The van der Waals surface area contributed by atoms with Crippen LogP contribution in [0.15, 0.2) is 18.2 Å². The number of amides is 1. The summed E-state index contributed by atoms with van der Waals surface area (Å²) in [6, 6.07) is 5.79. The molecular weight excluding hydrogens is 333 g/mol. The van der Waals surface area contributed by atoms with E-state index in [9.17, 15) is 4.79 Å². The fourth-order valence-electron chi connectivity index (χ4n) is 2.83. The van der Waals surface area contributed by atoms with Crippen molar-refractivity contribution in [1.82, 2.24) is 10.2 Å². The Balaban J connectivity index is 0.00000242. The van der Waals surface area contributed by atoms with E-state index < -0.39 is 0 Å². The van der Waals surface area contributed by atoms with Crippen molar-refractivity contribution in [3.05, 3.63) is 29.3 Å². The first kappa shape index (κ1) is 22.0. The number of nitrogens with two attached hydrogens (primary N) is 1. The minimum atomic E-state index is 0. The van der Waals surface area contributed by atoms with Gasteiger partial charge in [-0.1, -0.05) is 19.4 Å². The fraction of sp³-hybridized carbons (Fsp3) is 0.588. The number of nitrogen functional groups attached to an aromatic ring is 1. The second kappa shape index (κ2) is 10.7. The predicted octanol–water partition coefficient (Wildman–Crippen LogP) is 3.42. The Morgan fingerprint density at radius 2 is 1.96 bits per heavy atom. The number of benzene rings is 1. The van der Waals surface area contributed by atoms with Gasteiger partial charge in [-0.3, -0.25) is 4.79 Å². The number of rotatable bonds is 5.